The first-order chi connectivity index (χ1) is 8.38. The predicted octanol–water partition coefficient (Wildman–Crippen LogP) is 2.69. The molecule has 0 saturated heterocycles. The Bertz CT molecular complexity index is 521. The van der Waals surface area contributed by atoms with Gasteiger partial charge in [-0.15, -0.1) is 11.3 Å². The minimum absolute atomic E-state index is 0.577. The lowest BCUT2D eigenvalue weighted by Crippen LogP contribution is -2.24. The van der Waals surface area contributed by atoms with E-state index in [-0.39, 0.29) is 0 Å². The summed E-state index contributed by atoms with van der Waals surface area (Å²) in [5.41, 5.74) is 8.36. The average Bonchev–Trinajstić information content (AvgIpc) is 2.87. The highest BCUT2D eigenvalue weighted by atomic mass is 32.1. The van der Waals surface area contributed by atoms with Crippen LogP contribution in [0.4, 0.5) is 10.8 Å². The van der Waals surface area contributed by atoms with Crippen molar-refractivity contribution >= 4 is 22.2 Å². The van der Waals surface area contributed by atoms with Crippen LogP contribution in [0.25, 0.3) is 0 Å². The molecule has 0 saturated carbocycles. The Morgan fingerprint density at radius 1 is 1.35 bits per heavy atom. The Kier molecular flexibility index (Phi) is 2.82. The number of nitrogens with two attached hydrogens (primary N) is 1. The highest BCUT2D eigenvalue weighted by molar-refractivity contribution is 7.15. The van der Waals surface area contributed by atoms with Crippen LogP contribution in [0.15, 0.2) is 30.5 Å². The summed E-state index contributed by atoms with van der Waals surface area (Å²) >= 11 is 1.69. The topological polar surface area (TPSA) is 42.1 Å². The Hall–Kier alpha value is -1.39. The summed E-state index contributed by atoms with van der Waals surface area (Å²) in [6, 6.07) is 8.58. The molecule has 1 aromatic heterocycles. The van der Waals surface area contributed by atoms with Crippen molar-refractivity contribution in [3.8, 4) is 0 Å². The summed E-state index contributed by atoms with van der Waals surface area (Å²) in [5.74, 6) is 0. The molecule has 2 N–H and O–H groups in total. The number of rotatable bonds is 2. The van der Waals surface area contributed by atoms with Crippen molar-refractivity contribution in [1.29, 1.82) is 0 Å². The third kappa shape index (κ3) is 1.94. The van der Waals surface area contributed by atoms with E-state index in [4.69, 9.17) is 5.73 Å². The summed E-state index contributed by atoms with van der Waals surface area (Å²) in [7, 11) is 0. The number of aromatic nitrogens is 1. The minimum Gasteiger partial charge on any atom is -0.326 e. The van der Waals surface area contributed by atoms with E-state index in [9.17, 15) is 0 Å². The zero-order valence-electron chi connectivity index (χ0n) is 9.60. The average molecular weight is 245 g/mol. The molecule has 1 aliphatic heterocycles. The van der Waals surface area contributed by atoms with Gasteiger partial charge in [0, 0.05) is 29.9 Å². The number of hydrogen-bond acceptors (Lipinski definition) is 4. The fourth-order valence-corrected chi connectivity index (χ4v) is 3.08. The molecule has 0 fully saturated rings. The first-order valence-electron chi connectivity index (χ1n) is 5.88. The molecule has 0 atom stereocenters. The first kappa shape index (κ1) is 10.7. The smallest absolute Gasteiger partial charge is 0.190 e. The molecule has 0 aliphatic carbocycles. The van der Waals surface area contributed by atoms with Gasteiger partial charge in [0.25, 0.3) is 0 Å². The van der Waals surface area contributed by atoms with Crippen LogP contribution in [0.1, 0.15) is 16.9 Å². The van der Waals surface area contributed by atoms with E-state index >= 15 is 0 Å². The monoisotopic (exact) mass is 245 g/mol. The van der Waals surface area contributed by atoms with Crippen LogP contribution < -0.4 is 10.6 Å². The van der Waals surface area contributed by atoms with E-state index in [0.717, 1.165) is 16.6 Å². The van der Waals surface area contributed by atoms with Gasteiger partial charge in [0.15, 0.2) is 5.13 Å². The molecule has 4 heteroatoms. The normalized spacial score (nSPS) is 14.8. The lowest BCUT2D eigenvalue weighted by molar-refractivity contribution is 0.765. The lowest BCUT2D eigenvalue weighted by atomic mass is 10.0. The second kappa shape index (κ2) is 4.47. The minimum atomic E-state index is 0.577. The maximum Gasteiger partial charge on any atom is 0.190 e. The van der Waals surface area contributed by atoms with Crippen molar-refractivity contribution < 1.29 is 0 Å². The third-order valence-electron chi connectivity index (χ3n) is 3.08. The quantitative estimate of drug-likeness (QED) is 0.884. The summed E-state index contributed by atoms with van der Waals surface area (Å²) in [6.07, 6.45) is 4.24. The van der Waals surface area contributed by atoms with Gasteiger partial charge < -0.3 is 10.6 Å². The molecular weight excluding hydrogens is 230 g/mol. The van der Waals surface area contributed by atoms with Gasteiger partial charge in [-0.3, -0.25) is 0 Å². The molecule has 0 spiro atoms. The predicted molar refractivity (Wildman–Crippen MR) is 71.8 cm³/mol. The molecule has 17 heavy (non-hydrogen) atoms. The molecule has 2 heterocycles. The largest absolute Gasteiger partial charge is 0.326 e. The molecule has 1 aliphatic rings. The Labute approximate surface area is 105 Å². The molecule has 0 unspecified atom stereocenters. The number of thiazole rings is 1. The zero-order valence-corrected chi connectivity index (χ0v) is 10.4. The Morgan fingerprint density at radius 2 is 2.24 bits per heavy atom. The molecule has 2 aromatic rings. The van der Waals surface area contributed by atoms with Crippen molar-refractivity contribution in [2.45, 2.75) is 19.4 Å². The third-order valence-corrected chi connectivity index (χ3v) is 4.13. The van der Waals surface area contributed by atoms with Crippen LogP contribution in [-0.4, -0.2) is 11.5 Å². The van der Waals surface area contributed by atoms with Crippen LogP contribution in [0.5, 0.6) is 0 Å². The summed E-state index contributed by atoms with van der Waals surface area (Å²) in [5, 5.41) is 1.07. The standard InChI is InChI=1S/C13H15N3S/c14-8-11-9-15-13(17-11)16-7-3-5-10-4-1-2-6-12(10)16/h1-2,4,6,9H,3,5,7-8,14H2. The maximum atomic E-state index is 5.64. The number of anilines is 2. The van der Waals surface area contributed by atoms with E-state index in [0.29, 0.717) is 6.54 Å². The van der Waals surface area contributed by atoms with E-state index < -0.39 is 0 Å². The zero-order chi connectivity index (χ0) is 11.7. The SMILES string of the molecule is NCc1cnc(N2CCCc3ccccc32)s1. The first-order valence-corrected chi connectivity index (χ1v) is 6.70. The maximum absolute atomic E-state index is 5.64. The van der Waals surface area contributed by atoms with E-state index in [1.165, 1.54) is 24.1 Å². The molecular formula is C13H15N3S. The fraction of sp³-hybridized carbons (Fsp3) is 0.308. The molecule has 0 amide bonds. The van der Waals surface area contributed by atoms with Crippen LogP contribution in [0.3, 0.4) is 0 Å². The van der Waals surface area contributed by atoms with Gasteiger partial charge in [0.05, 0.1) is 0 Å². The Morgan fingerprint density at radius 3 is 3.06 bits per heavy atom. The van der Waals surface area contributed by atoms with Gasteiger partial charge in [-0.2, -0.15) is 0 Å². The van der Waals surface area contributed by atoms with Crippen molar-refractivity contribution in [2.24, 2.45) is 5.73 Å². The van der Waals surface area contributed by atoms with Crippen molar-refractivity contribution in [2.75, 3.05) is 11.4 Å². The number of benzene rings is 1. The number of fused-ring (bicyclic) bond motifs is 1. The van der Waals surface area contributed by atoms with E-state index in [1.54, 1.807) is 11.3 Å². The van der Waals surface area contributed by atoms with E-state index in [1.807, 2.05) is 6.20 Å². The van der Waals surface area contributed by atoms with Gasteiger partial charge in [-0.05, 0) is 24.5 Å². The fourth-order valence-electron chi connectivity index (χ4n) is 2.25. The second-order valence-electron chi connectivity index (χ2n) is 4.20. The van der Waals surface area contributed by atoms with Gasteiger partial charge >= 0.3 is 0 Å². The Balaban J connectivity index is 1.99. The van der Waals surface area contributed by atoms with Crippen LogP contribution in [-0.2, 0) is 13.0 Å². The molecule has 3 nitrogen and oxygen atoms in total. The summed E-state index contributed by atoms with van der Waals surface area (Å²) in [6.45, 7) is 1.63. The van der Waals surface area contributed by atoms with Crippen LogP contribution in [0.2, 0.25) is 0 Å². The van der Waals surface area contributed by atoms with Crippen molar-refractivity contribution in [3.05, 3.63) is 40.9 Å². The van der Waals surface area contributed by atoms with Crippen molar-refractivity contribution in [1.82, 2.24) is 4.98 Å². The number of nitrogens with zero attached hydrogens (tertiary/aromatic N) is 2. The highest BCUT2D eigenvalue weighted by Gasteiger charge is 2.19. The lowest BCUT2D eigenvalue weighted by Gasteiger charge is -2.28. The van der Waals surface area contributed by atoms with Gasteiger partial charge in [-0.1, -0.05) is 18.2 Å². The number of aryl methyl sites for hydroxylation is 1. The van der Waals surface area contributed by atoms with Gasteiger partial charge in [-0.25, -0.2) is 4.98 Å². The molecule has 0 bridgehead atoms. The highest BCUT2D eigenvalue weighted by Crippen LogP contribution is 2.35. The van der Waals surface area contributed by atoms with E-state index in [2.05, 4.69) is 34.1 Å². The molecule has 3 rings (SSSR count). The summed E-state index contributed by atoms with van der Waals surface area (Å²) in [4.78, 5) is 7.92. The van der Waals surface area contributed by atoms with Crippen LogP contribution >= 0.6 is 11.3 Å². The molecule has 0 radical (unpaired) electrons. The van der Waals surface area contributed by atoms with Gasteiger partial charge in [0.2, 0.25) is 0 Å². The van der Waals surface area contributed by atoms with Crippen LogP contribution in [0, 0.1) is 0 Å². The number of para-hydroxylation sites is 1. The van der Waals surface area contributed by atoms with Crippen molar-refractivity contribution in [3.63, 3.8) is 0 Å². The number of hydrogen-bond donors (Lipinski definition) is 1. The molecule has 88 valence electrons. The molecule has 1 aromatic carbocycles. The second-order valence-corrected chi connectivity index (χ2v) is 5.29. The summed E-state index contributed by atoms with van der Waals surface area (Å²) < 4.78 is 0. The van der Waals surface area contributed by atoms with Gasteiger partial charge in [0.1, 0.15) is 0 Å².